The summed E-state index contributed by atoms with van der Waals surface area (Å²) in [5.74, 6) is 1.97. The Bertz CT molecular complexity index is 1500. The van der Waals surface area contributed by atoms with Gasteiger partial charge in [0.05, 0.1) is 14.2 Å². The molecule has 0 bridgehead atoms. The molecule has 0 spiro atoms. The number of benzene rings is 2. The lowest BCUT2D eigenvalue weighted by Crippen LogP contribution is -2.00. The van der Waals surface area contributed by atoms with E-state index in [1.807, 2.05) is 42.7 Å². The van der Waals surface area contributed by atoms with E-state index in [4.69, 9.17) is 18.9 Å². The first-order valence-electron chi connectivity index (χ1n) is 11.2. The van der Waals surface area contributed by atoms with Gasteiger partial charge in [0.2, 0.25) is 11.9 Å². The minimum absolute atomic E-state index is 0.0831. The van der Waals surface area contributed by atoms with Crippen LogP contribution >= 0.6 is 11.8 Å². The number of fused-ring (bicyclic) bond motifs is 1. The molecule has 0 saturated heterocycles. The number of aliphatic carboxylic acids is 1. The summed E-state index contributed by atoms with van der Waals surface area (Å²) in [4.78, 5) is 16.7. The molecule has 0 atom stereocenters. The molecule has 0 fully saturated rings. The van der Waals surface area contributed by atoms with E-state index in [0.717, 1.165) is 34.4 Å². The topological polar surface area (TPSA) is 121 Å². The van der Waals surface area contributed by atoms with E-state index in [1.54, 1.807) is 38.5 Å². The number of carbonyl (C=O) groups is 1. The molecule has 2 aromatic carbocycles. The average molecular weight is 521 g/mol. The first kappa shape index (κ1) is 24.3. The summed E-state index contributed by atoms with van der Waals surface area (Å²) in [7, 11) is 3.13. The van der Waals surface area contributed by atoms with E-state index < -0.39 is 5.97 Å². The third-order valence-electron chi connectivity index (χ3n) is 5.87. The maximum absolute atomic E-state index is 12.1. The number of carboxylic acid groups (broad SMARTS) is 1. The van der Waals surface area contributed by atoms with Crippen LogP contribution in [0, 0.1) is 13.8 Å². The second-order valence-corrected chi connectivity index (χ2v) is 9.19. The largest absolute Gasteiger partial charge is 0.497 e. The highest BCUT2D eigenvalue weighted by molar-refractivity contribution is 8.04. The molecule has 0 radical (unpaired) electrons. The van der Waals surface area contributed by atoms with Gasteiger partial charge in [0.1, 0.15) is 16.4 Å². The van der Waals surface area contributed by atoms with Gasteiger partial charge < -0.3 is 28.6 Å². The van der Waals surface area contributed by atoms with E-state index in [2.05, 4.69) is 15.2 Å². The van der Waals surface area contributed by atoms with Gasteiger partial charge in [-0.1, -0.05) is 0 Å². The summed E-state index contributed by atoms with van der Waals surface area (Å²) in [6, 6.07) is 13.0. The standard InChI is InChI=1S/C26H24N4O6S/c1-14-7-16(15(2)30(14)18-5-6-21-22(11-18)36-13-35-21)10-23(25(31)32)37-26-27-24(28-29-26)17-8-19(33-3)12-20(9-17)34-4/h5-12H,13H2,1-4H3,(H,31,32)(H,27,28,29)/b23-10+. The molecule has 5 rings (SSSR count). The number of methoxy groups -OCH3 is 2. The fourth-order valence-corrected chi connectivity index (χ4v) is 4.79. The lowest BCUT2D eigenvalue weighted by Gasteiger charge is -2.10. The summed E-state index contributed by atoms with van der Waals surface area (Å²) in [6.07, 6.45) is 1.63. The van der Waals surface area contributed by atoms with Crippen molar-refractivity contribution in [3.05, 3.63) is 64.3 Å². The zero-order valence-corrected chi connectivity index (χ0v) is 21.4. The molecule has 10 nitrogen and oxygen atoms in total. The molecule has 190 valence electrons. The van der Waals surface area contributed by atoms with Crippen LogP contribution in [0.5, 0.6) is 23.0 Å². The van der Waals surface area contributed by atoms with Gasteiger partial charge in [-0.3, -0.25) is 5.10 Å². The molecule has 11 heteroatoms. The van der Waals surface area contributed by atoms with Gasteiger partial charge >= 0.3 is 5.97 Å². The zero-order chi connectivity index (χ0) is 26.1. The Labute approximate surface area is 216 Å². The molecule has 1 aliphatic heterocycles. The van der Waals surface area contributed by atoms with Gasteiger partial charge in [0.15, 0.2) is 17.3 Å². The van der Waals surface area contributed by atoms with Gasteiger partial charge in [-0.05, 0) is 67.6 Å². The van der Waals surface area contributed by atoms with Crippen LogP contribution in [-0.2, 0) is 4.79 Å². The number of aromatic nitrogens is 4. The lowest BCUT2D eigenvalue weighted by atomic mass is 10.2. The highest BCUT2D eigenvalue weighted by Crippen LogP contribution is 2.36. The van der Waals surface area contributed by atoms with Crippen LogP contribution in [0.15, 0.2) is 52.5 Å². The maximum atomic E-state index is 12.1. The number of H-pyrrole nitrogens is 1. The minimum atomic E-state index is -1.08. The second kappa shape index (κ2) is 9.94. The van der Waals surface area contributed by atoms with Crippen molar-refractivity contribution in [2.24, 2.45) is 0 Å². The monoisotopic (exact) mass is 520 g/mol. The third-order valence-corrected chi connectivity index (χ3v) is 6.75. The van der Waals surface area contributed by atoms with Gasteiger partial charge in [-0.25, -0.2) is 9.78 Å². The highest BCUT2D eigenvalue weighted by Gasteiger charge is 2.19. The molecule has 2 aromatic heterocycles. The van der Waals surface area contributed by atoms with Crippen LogP contribution in [0.25, 0.3) is 23.2 Å². The van der Waals surface area contributed by atoms with Crippen LogP contribution in [0.1, 0.15) is 17.0 Å². The third kappa shape index (κ3) is 4.85. The predicted octanol–water partition coefficient (Wildman–Crippen LogP) is 4.84. The lowest BCUT2D eigenvalue weighted by molar-refractivity contribution is -0.131. The fraction of sp³-hybridized carbons (Fsp3) is 0.192. The number of ether oxygens (including phenoxy) is 4. The van der Waals surface area contributed by atoms with Crippen LogP contribution < -0.4 is 18.9 Å². The number of hydrogen-bond acceptors (Lipinski definition) is 8. The van der Waals surface area contributed by atoms with Crippen molar-refractivity contribution in [1.29, 1.82) is 0 Å². The van der Waals surface area contributed by atoms with Gasteiger partial charge in [0.25, 0.3) is 0 Å². The van der Waals surface area contributed by atoms with Crippen molar-refractivity contribution in [2.75, 3.05) is 21.0 Å². The normalized spacial score (nSPS) is 12.6. The molecule has 1 aliphatic rings. The van der Waals surface area contributed by atoms with Crippen LogP contribution in [0.3, 0.4) is 0 Å². The average Bonchev–Trinajstić information content (AvgIpc) is 3.62. The first-order chi connectivity index (χ1) is 17.9. The number of nitrogens with zero attached hydrogens (tertiary/aromatic N) is 3. The molecular formula is C26H24N4O6S. The molecule has 0 saturated carbocycles. The molecule has 0 unspecified atom stereocenters. The molecule has 37 heavy (non-hydrogen) atoms. The fourth-order valence-electron chi connectivity index (χ4n) is 4.10. The first-order valence-corrected chi connectivity index (χ1v) is 12.1. The van der Waals surface area contributed by atoms with E-state index in [0.29, 0.717) is 34.4 Å². The second-order valence-electron chi connectivity index (χ2n) is 8.18. The maximum Gasteiger partial charge on any atom is 0.342 e. The van der Waals surface area contributed by atoms with Crippen LogP contribution in [0.4, 0.5) is 0 Å². The van der Waals surface area contributed by atoms with E-state index in [-0.39, 0.29) is 16.9 Å². The Morgan fingerprint density at radius 1 is 1.08 bits per heavy atom. The number of nitrogens with one attached hydrogen (secondary N) is 1. The van der Waals surface area contributed by atoms with Crippen molar-refractivity contribution >= 4 is 23.8 Å². The van der Waals surface area contributed by atoms with Crippen molar-refractivity contribution in [3.8, 4) is 40.1 Å². The summed E-state index contributed by atoms with van der Waals surface area (Å²) >= 11 is 0.963. The molecule has 0 aliphatic carbocycles. The van der Waals surface area contributed by atoms with E-state index >= 15 is 0 Å². The number of carboxylic acids is 1. The highest BCUT2D eigenvalue weighted by atomic mass is 32.2. The quantitative estimate of drug-likeness (QED) is 0.248. The Morgan fingerprint density at radius 3 is 2.51 bits per heavy atom. The van der Waals surface area contributed by atoms with Crippen LogP contribution in [-0.4, -0.2) is 51.8 Å². The van der Waals surface area contributed by atoms with Crippen molar-refractivity contribution in [2.45, 2.75) is 19.0 Å². The number of hydrogen-bond donors (Lipinski definition) is 2. The Balaban J connectivity index is 1.44. The van der Waals surface area contributed by atoms with Gasteiger partial charge in [-0.15, -0.1) is 5.10 Å². The molecule has 2 N–H and O–H groups in total. The van der Waals surface area contributed by atoms with E-state index in [1.165, 1.54) is 0 Å². The van der Waals surface area contributed by atoms with Crippen LogP contribution in [0.2, 0.25) is 0 Å². The van der Waals surface area contributed by atoms with E-state index in [9.17, 15) is 9.90 Å². The number of thioether (sulfide) groups is 1. The summed E-state index contributed by atoms with van der Waals surface area (Å²) in [5, 5.41) is 17.3. The molecule has 0 amide bonds. The van der Waals surface area contributed by atoms with Crippen molar-refractivity contribution in [3.63, 3.8) is 0 Å². The number of aromatic amines is 1. The number of aryl methyl sites for hydroxylation is 1. The van der Waals surface area contributed by atoms with Gasteiger partial charge in [-0.2, -0.15) is 0 Å². The van der Waals surface area contributed by atoms with Crippen molar-refractivity contribution < 1.29 is 28.8 Å². The zero-order valence-electron chi connectivity index (χ0n) is 20.6. The number of rotatable bonds is 8. The summed E-state index contributed by atoms with van der Waals surface area (Å²) in [5.41, 5.74) is 4.20. The predicted molar refractivity (Wildman–Crippen MR) is 138 cm³/mol. The van der Waals surface area contributed by atoms with Crippen molar-refractivity contribution in [1.82, 2.24) is 19.7 Å². The molecular weight excluding hydrogens is 496 g/mol. The Hall–Kier alpha value is -4.38. The summed E-state index contributed by atoms with van der Waals surface area (Å²) in [6.45, 7) is 4.10. The molecule has 3 heterocycles. The Morgan fingerprint density at radius 2 is 1.81 bits per heavy atom. The summed E-state index contributed by atoms with van der Waals surface area (Å²) < 4.78 is 23.6. The minimum Gasteiger partial charge on any atom is -0.497 e. The molecule has 4 aromatic rings. The SMILES string of the molecule is COc1cc(OC)cc(-c2nc(S/C(=C/c3cc(C)n(-c4ccc5c(c4)OCO5)c3C)C(=O)O)n[nH]2)c1. The van der Waals surface area contributed by atoms with Gasteiger partial charge in [0, 0.05) is 34.8 Å². The Kier molecular flexibility index (Phi) is 6.53. The smallest absolute Gasteiger partial charge is 0.342 e.